The summed E-state index contributed by atoms with van der Waals surface area (Å²) in [6.45, 7) is 17.5. The van der Waals surface area contributed by atoms with Gasteiger partial charge in [0.15, 0.2) is 0 Å². The van der Waals surface area contributed by atoms with Crippen LogP contribution < -0.4 is 0 Å². The number of likely N-dealkylation sites (tertiary alicyclic amines) is 2. The minimum atomic E-state index is 0.364. The quantitative estimate of drug-likeness (QED) is 0.270. The fourth-order valence-corrected chi connectivity index (χ4v) is 6.12. The Morgan fingerprint density at radius 3 is 1.90 bits per heavy atom. The van der Waals surface area contributed by atoms with Crippen LogP contribution in [0.5, 0.6) is 0 Å². The smallest absolute Gasteiger partial charge is 0.222 e. The molecule has 2 saturated heterocycles. The van der Waals surface area contributed by atoms with E-state index in [1.807, 2.05) is 0 Å². The maximum Gasteiger partial charge on any atom is 0.222 e. The largest absolute Gasteiger partial charge is 0.341 e. The summed E-state index contributed by atoms with van der Waals surface area (Å²) >= 11 is 0. The molecular formula is C28H54N2O. The standard InChI is InChI=1S/C28H54N2O/c1-6-10-15-27(5,16-11-7-2)17-14-26(31)30-23-28(24-30)18-20-29(21-19-28)22-25(12-8-3)13-9-4/h25H,6-24H2,1-5H3. The van der Waals surface area contributed by atoms with Crippen LogP contribution in [0.1, 0.15) is 125 Å². The summed E-state index contributed by atoms with van der Waals surface area (Å²) in [5.41, 5.74) is 0.813. The lowest BCUT2D eigenvalue weighted by molar-refractivity contribution is -0.147. The highest BCUT2D eigenvalue weighted by Gasteiger charge is 2.46. The summed E-state index contributed by atoms with van der Waals surface area (Å²) in [4.78, 5) is 17.8. The SMILES string of the molecule is CCCCC(C)(CCCC)CCC(=O)N1CC2(CCN(CC(CCC)CCC)CC2)C1. The first kappa shape index (κ1) is 26.7. The Labute approximate surface area is 194 Å². The number of rotatable bonds is 15. The fraction of sp³-hybridized carbons (Fsp3) is 0.964. The van der Waals surface area contributed by atoms with Crippen LogP contribution >= 0.6 is 0 Å². The predicted molar refractivity (Wildman–Crippen MR) is 134 cm³/mol. The zero-order chi connectivity index (χ0) is 22.7. The molecule has 0 atom stereocenters. The van der Waals surface area contributed by atoms with Crippen LogP contribution in [0.15, 0.2) is 0 Å². The number of hydrogen-bond donors (Lipinski definition) is 0. The van der Waals surface area contributed by atoms with Crippen LogP contribution in [0.3, 0.4) is 0 Å². The van der Waals surface area contributed by atoms with Gasteiger partial charge < -0.3 is 9.80 Å². The Bertz CT molecular complexity index is 487. The van der Waals surface area contributed by atoms with E-state index < -0.39 is 0 Å². The van der Waals surface area contributed by atoms with Gasteiger partial charge in [-0.15, -0.1) is 0 Å². The molecule has 0 aromatic carbocycles. The van der Waals surface area contributed by atoms with Gasteiger partial charge in [-0.2, -0.15) is 0 Å². The average Bonchev–Trinajstić information content (AvgIpc) is 2.74. The zero-order valence-corrected chi connectivity index (χ0v) is 21.8. The number of amides is 1. The number of piperidine rings is 1. The van der Waals surface area contributed by atoms with Crippen LogP contribution in [-0.2, 0) is 4.79 Å². The van der Waals surface area contributed by atoms with Gasteiger partial charge in [0.25, 0.3) is 0 Å². The van der Waals surface area contributed by atoms with Crippen molar-refractivity contribution in [1.82, 2.24) is 9.80 Å². The lowest BCUT2D eigenvalue weighted by Crippen LogP contribution is -2.62. The molecule has 182 valence electrons. The first-order valence-corrected chi connectivity index (χ1v) is 13.9. The van der Waals surface area contributed by atoms with Crippen molar-refractivity contribution in [3.05, 3.63) is 0 Å². The molecule has 31 heavy (non-hydrogen) atoms. The maximum atomic E-state index is 12.9. The minimum absolute atomic E-state index is 0.364. The molecule has 0 N–H and O–H groups in total. The Kier molecular flexibility index (Phi) is 11.4. The summed E-state index contributed by atoms with van der Waals surface area (Å²) in [7, 11) is 0. The third-order valence-corrected chi connectivity index (χ3v) is 8.44. The molecule has 2 aliphatic rings. The Morgan fingerprint density at radius 2 is 1.42 bits per heavy atom. The molecule has 1 amide bonds. The molecule has 0 aliphatic carbocycles. The van der Waals surface area contributed by atoms with Crippen molar-refractivity contribution in [2.45, 2.75) is 125 Å². The summed E-state index contributed by atoms with van der Waals surface area (Å²) < 4.78 is 0. The van der Waals surface area contributed by atoms with Gasteiger partial charge in [-0.3, -0.25) is 4.79 Å². The second kappa shape index (κ2) is 13.2. The molecular weight excluding hydrogens is 380 g/mol. The third-order valence-electron chi connectivity index (χ3n) is 8.44. The van der Waals surface area contributed by atoms with Crippen molar-refractivity contribution in [2.24, 2.45) is 16.7 Å². The van der Waals surface area contributed by atoms with E-state index in [1.165, 1.54) is 96.7 Å². The number of unbranched alkanes of at least 4 members (excludes halogenated alkanes) is 2. The van der Waals surface area contributed by atoms with Crippen LogP contribution in [0.25, 0.3) is 0 Å². The summed E-state index contributed by atoms with van der Waals surface area (Å²) in [5, 5.41) is 0. The summed E-state index contributed by atoms with van der Waals surface area (Å²) in [6.07, 6.45) is 17.5. The van der Waals surface area contributed by atoms with Crippen molar-refractivity contribution in [3.63, 3.8) is 0 Å². The number of hydrogen-bond acceptors (Lipinski definition) is 2. The second-order valence-corrected chi connectivity index (χ2v) is 11.5. The number of nitrogens with zero attached hydrogens (tertiary/aromatic N) is 2. The highest BCUT2D eigenvalue weighted by Crippen LogP contribution is 2.42. The molecule has 1 spiro atoms. The molecule has 0 saturated carbocycles. The molecule has 2 rings (SSSR count). The first-order valence-electron chi connectivity index (χ1n) is 13.9. The van der Waals surface area contributed by atoms with Gasteiger partial charge in [0.2, 0.25) is 5.91 Å². The molecule has 3 nitrogen and oxygen atoms in total. The van der Waals surface area contributed by atoms with Gasteiger partial charge in [0.05, 0.1) is 0 Å². The molecule has 0 radical (unpaired) electrons. The molecule has 2 fully saturated rings. The summed E-state index contributed by atoms with van der Waals surface area (Å²) in [6, 6.07) is 0. The number of carbonyl (C=O) groups excluding carboxylic acids is 1. The van der Waals surface area contributed by atoms with Gasteiger partial charge >= 0.3 is 0 Å². The summed E-state index contributed by atoms with van der Waals surface area (Å²) in [5.74, 6) is 1.32. The Balaban J connectivity index is 1.72. The molecule has 3 heteroatoms. The van der Waals surface area contributed by atoms with Crippen molar-refractivity contribution in [3.8, 4) is 0 Å². The Hall–Kier alpha value is -0.570. The van der Waals surface area contributed by atoms with Crippen LogP contribution in [0, 0.1) is 16.7 Å². The molecule has 2 heterocycles. The van der Waals surface area contributed by atoms with Crippen LogP contribution in [0.2, 0.25) is 0 Å². The lowest BCUT2D eigenvalue weighted by atomic mass is 9.71. The molecule has 0 bridgehead atoms. The maximum absolute atomic E-state index is 12.9. The molecule has 0 aromatic rings. The number of carbonyl (C=O) groups is 1. The monoisotopic (exact) mass is 434 g/mol. The highest BCUT2D eigenvalue weighted by molar-refractivity contribution is 5.77. The average molecular weight is 435 g/mol. The second-order valence-electron chi connectivity index (χ2n) is 11.5. The lowest BCUT2D eigenvalue weighted by Gasteiger charge is -2.54. The minimum Gasteiger partial charge on any atom is -0.341 e. The van der Waals surface area contributed by atoms with Gasteiger partial charge in [0.1, 0.15) is 0 Å². The fourth-order valence-electron chi connectivity index (χ4n) is 6.12. The van der Waals surface area contributed by atoms with Crippen molar-refractivity contribution < 1.29 is 4.79 Å². The highest BCUT2D eigenvalue weighted by atomic mass is 16.2. The van der Waals surface area contributed by atoms with Crippen molar-refractivity contribution in [1.29, 1.82) is 0 Å². The molecule has 0 aromatic heterocycles. The van der Waals surface area contributed by atoms with E-state index in [2.05, 4.69) is 44.4 Å². The van der Waals surface area contributed by atoms with E-state index in [0.717, 1.165) is 31.8 Å². The normalized spacial score (nSPS) is 19.2. The first-order chi connectivity index (χ1) is 14.9. The zero-order valence-electron chi connectivity index (χ0n) is 21.8. The molecule has 2 aliphatic heterocycles. The van der Waals surface area contributed by atoms with Gasteiger partial charge in [0, 0.05) is 31.5 Å². The van der Waals surface area contributed by atoms with E-state index in [-0.39, 0.29) is 0 Å². The predicted octanol–water partition coefficient (Wildman–Crippen LogP) is 7.29. The van der Waals surface area contributed by atoms with E-state index in [9.17, 15) is 4.79 Å². The molecule has 0 unspecified atom stereocenters. The van der Waals surface area contributed by atoms with Crippen LogP contribution in [-0.4, -0.2) is 48.4 Å². The van der Waals surface area contributed by atoms with Crippen molar-refractivity contribution >= 4 is 5.91 Å². The third kappa shape index (κ3) is 8.37. The van der Waals surface area contributed by atoms with Crippen LogP contribution in [0.4, 0.5) is 0 Å². The van der Waals surface area contributed by atoms with E-state index >= 15 is 0 Å². The van der Waals surface area contributed by atoms with Gasteiger partial charge in [-0.1, -0.05) is 73.1 Å². The Morgan fingerprint density at radius 1 is 0.871 bits per heavy atom. The van der Waals surface area contributed by atoms with E-state index in [1.54, 1.807) is 0 Å². The van der Waals surface area contributed by atoms with Gasteiger partial charge in [-0.25, -0.2) is 0 Å². The van der Waals surface area contributed by atoms with E-state index in [0.29, 0.717) is 16.7 Å². The van der Waals surface area contributed by atoms with E-state index in [4.69, 9.17) is 0 Å². The van der Waals surface area contributed by atoms with Crippen molar-refractivity contribution in [2.75, 3.05) is 32.7 Å². The topological polar surface area (TPSA) is 23.6 Å². The van der Waals surface area contributed by atoms with Gasteiger partial charge in [-0.05, 0) is 69.4 Å².